The fourth-order valence-electron chi connectivity index (χ4n) is 3.02. The summed E-state index contributed by atoms with van der Waals surface area (Å²) in [7, 11) is 1.95. The predicted octanol–water partition coefficient (Wildman–Crippen LogP) is 3.24. The first-order valence-corrected chi connectivity index (χ1v) is 7.44. The molecule has 106 valence electrons. The van der Waals surface area contributed by atoms with Crippen LogP contribution < -0.4 is 4.90 Å². The maximum Gasteiger partial charge on any atom is 0.128 e. The lowest BCUT2D eigenvalue weighted by atomic mass is 10.1. The lowest BCUT2D eigenvalue weighted by Crippen LogP contribution is -2.18. The Labute approximate surface area is 124 Å². The Morgan fingerprint density at radius 3 is 2.57 bits per heavy atom. The van der Waals surface area contributed by atoms with Crippen molar-refractivity contribution in [1.29, 1.82) is 0 Å². The van der Waals surface area contributed by atoms with Gasteiger partial charge >= 0.3 is 0 Å². The molecule has 0 aliphatic carbocycles. The molecule has 0 spiro atoms. The number of benzene rings is 1. The summed E-state index contributed by atoms with van der Waals surface area (Å²) in [4.78, 5) is 6.98. The molecular weight excluding hydrogens is 260 g/mol. The van der Waals surface area contributed by atoms with E-state index >= 15 is 0 Å². The van der Waals surface area contributed by atoms with Crippen molar-refractivity contribution in [3.63, 3.8) is 0 Å². The van der Waals surface area contributed by atoms with Crippen LogP contribution in [0.25, 0.3) is 22.0 Å². The summed E-state index contributed by atoms with van der Waals surface area (Å²) in [6.45, 7) is 2.27. The van der Waals surface area contributed by atoms with E-state index < -0.39 is 0 Å². The second-order valence-corrected chi connectivity index (χ2v) is 5.68. The molecule has 3 aromatic rings. The normalized spacial score (nSPS) is 15.0. The molecule has 4 nitrogen and oxygen atoms in total. The van der Waals surface area contributed by atoms with Gasteiger partial charge in [0.15, 0.2) is 0 Å². The van der Waals surface area contributed by atoms with E-state index in [0.29, 0.717) is 0 Å². The molecule has 1 aliphatic rings. The SMILES string of the molecule is Cn1cc2cc(-c3ccc(N4CCCC4)nc3)ccc2n1. The van der Waals surface area contributed by atoms with Crippen molar-refractivity contribution in [2.45, 2.75) is 12.8 Å². The second-order valence-electron chi connectivity index (χ2n) is 5.68. The molecule has 1 saturated heterocycles. The number of hydrogen-bond acceptors (Lipinski definition) is 3. The van der Waals surface area contributed by atoms with Crippen LogP contribution >= 0.6 is 0 Å². The van der Waals surface area contributed by atoms with Crippen molar-refractivity contribution >= 4 is 16.7 Å². The Morgan fingerprint density at radius 1 is 1.00 bits per heavy atom. The van der Waals surface area contributed by atoms with Crippen LogP contribution in [0.4, 0.5) is 5.82 Å². The molecule has 0 atom stereocenters. The highest BCUT2D eigenvalue weighted by Crippen LogP contribution is 2.25. The number of rotatable bonds is 2. The van der Waals surface area contributed by atoms with Crippen LogP contribution in [0.3, 0.4) is 0 Å². The number of anilines is 1. The second kappa shape index (κ2) is 4.88. The first-order chi connectivity index (χ1) is 10.3. The van der Waals surface area contributed by atoms with Crippen molar-refractivity contribution in [3.8, 4) is 11.1 Å². The molecule has 0 unspecified atom stereocenters. The Morgan fingerprint density at radius 2 is 1.81 bits per heavy atom. The van der Waals surface area contributed by atoms with E-state index in [1.165, 1.54) is 23.8 Å². The third kappa shape index (κ3) is 2.27. The van der Waals surface area contributed by atoms with E-state index in [4.69, 9.17) is 0 Å². The third-order valence-electron chi connectivity index (χ3n) is 4.13. The van der Waals surface area contributed by atoms with Gasteiger partial charge in [0.05, 0.1) is 5.52 Å². The number of fused-ring (bicyclic) bond motifs is 1. The van der Waals surface area contributed by atoms with E-state index in [9.17, 15) is 0 Å². The Hall–Kier alpha value is -2.36. The van der Waals surface area contributed by atoms with Crippen LogP contribution in [0.2, 0.25) is 0 Å². The first-order valence-electron chi connectivity index (χ1n) is 7.44. The fourth-order valence-corrected chi connectivity index (χ4v) is 3.02. The standard InChI is InChI=1S/C17H18N4/c1-20-12-15-10-13(4-6-16(15)19-20)14-5-7-17(18-11-14)21-8-2-3-9-21/h4-7,10-12H,2-3,8-9H2,1H3. The number of aryl methyl sites for hydroxylation is 1. The Kier molecular flexibility index (Phi) is 2.88. The molecule has 4 rings (SSSR count). The molecule has 4 heteroatoms. The minimum absolute atomic E-state index is 1.03. The van der Waals surface area contributed by atoms with Crippen LogP contribution in [0.1, 0.15) is 12.8 Å². The molecule has 0 saturated carbocycles. The van der Waals surface area contributed by atoms with Crippen LogP contribution in [0.5, 0.6) is 0 Å². The monoisotopic (exact) mass is 278 g/mol. The average Bonchev–Trinajstić information content (AvgIpc) is 3.15. The Balaban J connectivity index is 1.67. The van der Waals surface area contributed by atoms with Crippen molar-refractivity contribution in [3.05, 3.63) is 42.7 Å². The number of pyridine rings is 1. The predicted molar refractivity (Wildman–Crippen MR) is 85.4 cm³/mol. The topological polar surface area (TPSA) is 34.0 Å². The summed E-state index contributed by atoms with van der Waals surface area (Å²) in [5.41, 5.74) is 3.38. The zero-order chi connectivity index (χ0) is 14.2. The molecule has 1 fully saturated rings. The number of hydrogen-bond donors (Lipinski definition) is 0. The van der Waals surface area contributed by atoms with E-state index in [1.807, 2.05) is 24.1 Å². The minimum atomic E-state index is 1.03. The molecule has 0 N–H and O–H groups in total. The molecule has 0 amide bonds. The fraction of sp³-hybridized carbons (Fsp3) is 0.294. The molecule has 2 aromatic heterocycles. The van der Waals surface area contributed by atoms with Crippen LogP contribution in [0, 0.1) is 0 Å². The summed E-state index contributed by atoms with van der Waals surface area (Å²) >= 11 is 0. The molecule has 3 heterocycles. The maximum atomic E-state index is 4.63. The van der Waals surface area contributed by atoms with Crippen molar-refractivity contribution in [2.75, 3.05) is 18.0 Å². The summed E-state index contributed by atoms with van der Waals surface area (Å²) in [6, 6.07) is 10.7. The van der Waals surface area contributed by atoms with Gasteiger partial charge in [-0.15, -0.1) is 0 Å². The van der Waals surface area contributed by atoms with Gasteiger partial charge in [0.25, 0.3) is 0 Å². The van der Waals surface area contributed by atoms with Crippen molar-refractivity contribution < 1.29 is 0 Å². The summed E-state index contributed by atoms with van der Waals surface area (Å²) in [5, 5.41) is 5.57. The van der Waals surface area contributed by atoms with Crippen LogP contribution in [-0.2, 0) is 7.05 Å². The average molecular weight is 278 g/mol. The lowest BCUT2D eigenvalue weighted by molar-refractivity contribution is 0.780. The van der Waals surface area contributed by atoms with Gasteiger partial charge in [0, 0.05) is 43.5 Å². The summed E-state index contributed by atoms with van der Waals surface area (Å²) in [6.07, 6.45) is 6.58. The number of aromatic nitrogens is 3. The zero-order valence-corrected chi connectivity index (χ0v) is 12.2. The first kappa shape index (κ1) is 12.4. The summed E-state index contributed by atoms with van der Waals surface area (Å²) in [5.74, 6) is 1.10. The van der Waals surface area contributed by atoms with Gasteiger partial charge in [-0.1, -0.05) is 6.07 Å². The van der Waals surface area contributed by atoms with Gasteiger partial charge in [-0.3, -0.25) is 4.68 Å². The highest BCUT2D eigenvalue weighted by Gasteiger charge is 2.13. The van der Waals surface area contributed by atoms with Gasteiger partial charge in [0.1, 0.15) is 5.82 Å². The molecule has 1 aromatic carbocycles. The number of nitrogens with zero attached hydrogens (tertiary/aromatic N) is 4. The van der Waals surface area contributed by atoms with E-state index in [0.717, 1.165) is 30.0 Å². The minimum Gasteiger partial charge on any atom is -0.357 e. The highest BCUT2D eigenvalue weighted by molar-refractivity contribution is 5.84. The lowest BCUT2D eigenvalue weighted by Gasteiger charge is -2.16. The smallest absolute Gasteiger partial charge is 0.128 e. The molecule has 0 radical (unpaired) electrons. The Bertz CT molecular complexity index is 767. The van der Waals surface area contributed by atoms with Gasteiger partial charge < -0.3 is 4.90 Å². The van der Waals surface area contributed by atoms with Gasteiger partial charge in [-0.25, -0.2) is 4.98 Å². The van der Waals surface area contributed by atoms with Gasteiger partial charge in [0.2, 0.25) is 0 Å². The molecule has 1 aliphatic heterocycles. The molecular formula is C17H18N4. The largest absolute Gasteiger partial charge is 0.357 e. The maximum absolute atomic E-state index is 4.63. The van der Waals surface area contributed by atoms with Gasteiger partial charge in [-0.2, -0.15) is 5.10 Å². The quantitative estimate of drug-likeness (QED) is 0.721. The van der Waals surface area contributed by atoms with E-state index in [1.54, 1.807) is 0 Å². The molecule has 0 bridgehead atoms. The van der Waals surface area contributed by atoms with E-state index in [-0.39, 0.29) is 0 Å². The van der Waals surface area contributed by atoms with Crippen molar-refractivity contribution in [1.82, 2.24) is 14.8 Å². The zero-order valence-electron chi connectivity index (χ0n) is 12.2. The molecule has 21 heavy (non-hydrogen) atoms. The summed E-state index contributed by atoms with van der Waals surface area (Å²) < 4.78 is 1.85. The third-order valence-corrected chi connectivity index (χ3v) is 4.13. The highest BCUT2D eigenvalue weighted by atomic mass is 15.2. The van der Waals surface area contributed by atoms with Gasteiger partial charge in [-0.05, 0) is 42.7 Å². The van der Waals surface area contributed by atoms with Crippen molar-refractivity contribution in [2.24, 2.45) is 7.05 Å². The van der Waals surface area contributed by atoms with E-state index in [2.05, 4.69) is 45.3 Å². The van der Waals surface area contributed by atoms with Crippen LogP contribution in [0.15, 0.2) is 42.7 Å². The van der Waals surface area contributed by atoms with Crippen LogP contribution in [-0.4, -0.2) is 27.9 Å².